The minimum Gasteiger partial charge on any atom is -0.398 e. The number of nitrogen functional groups attached to an aromatic ring is 1. The lowest BCUT2D eigenvalue weighted by Gasteiger charge is -2.48. The molecule has 1 spiro atoms. The average molecular weight is 910 g/mol. The van der Waals surface area contributed by atoms with Crippen LogP contribution < -0.4 is 36.8 Å². The monoisotopic (exact) mass is 910 g/mol. The smallest absolute Gasteiger partial charge is 0.255 e. The quantitative estimate of drug-likeness (QED) is 0.0842. The molecule has 0 saturated carbocycles. The largest absolute Gasteiger partial charge is 0.398 e. The number of imide groups is 1. The van der Waals surface area contributed by atoms with Crippen LogP contribution in [-0.2, 0) is 32.3 Å². The van der Waals surface area contributed by atoms with Crippen LogP contribution in [-0.4, -0.2) is 113 Å². The van der Waals surface area contributed by atoms with Crippen molar-refractivity contribution in [3.8, 4) is 0 Å². The molecule has 5 aliphatic heterocycles. The number of nitrogens with zero attached hydrogens (tertiary/aromatic N) is 6. The van der Waals surface area contributed by atoms with Gasteiger partial charge in [-0.2, -0.15) is 0 Å². The maximum absolute atomic E-state index is 12.9. The molecule has 16 heteroatoms. The second-order valence-corrected chi connectivity index (χ2v) is 19.6. The first-order valence-electron chi connectivity index (χ1n) is 24.0. The molecule has 1 atom stereocenters. The Balaban J connectivity index is 0.000000317. The van der Waals surface area contributed by atoms with Crippen LogP contribution in [0.15, 0.2) is 54.9 Å². The molecule has 2 aromatic carbocycles. The summed E-state index contributed by atoms with van der Waals surface area (Å²) in [6.07, 6.45) is 8.08. The first kappa shape index (κ1) is 49.7. The SMILES string of the molecule is CC.CCC(C)(C)C(=O)NCCCNc1cc(N2CCC3(CC2)CN(c2ccc(CN4CCC(C)(C)CC4)cc2)CC(=O)N3)ncn1.Nc1cccc2c1CN(C1CCC(=O)NC1=O)C2=O.[HH]. The van der Waals surface area contributed by atoms with E-state index in [2.05, 4.69) is 84.0 Å². The van der Waals surface area contributed by atoms with Crippen LogP contribution in [0.4, 0.5) is 23.0 Å². The van der Waals surface area contributed by atoms with Crippen LogP contribution in [0.5, 0.6) is 0 Å². The van der Waals surface area contributed by atoms with Crippen LogP contribution in [0, 0.1) is 10.8 Å². The first-order chi connectivity index (χ1) is 31.5. The molecule has 66 heavy (non-hydrogen) atoms. The number of hydrogen-bond acceptors (Lipinski definition) is 12. The highest BCUT2D eigenvalue weighted by atomic mass is 16.2. The van der Waals surface area contributed by atoms with Crippen molar-refractivity contribution in [1.82, 2.24) is 35.7 Å². The summed E-state index contributed by atoms with van der Waals surface area (Å²) >= 11 is 0. The molecule has 0 aliphatic carbocycles. The number of piperidine rings is 3. The number of amides is 5. The number of likely N-dealkylation sites (tertiary alicyclic amines) is 1. The van der Waals surface area contributed by atoms with Crippen molar-refractivity contribution < 1.29 is 25.4 Å². The van der Waals surface area contributed by atoms with Crippen LogP contribution in [0.25, 0.3) is 0 Å². The van der Waals surface area contributed by atoms with Crippen LogP contribution in [0.3, 0.4) is 0 Å². The second-order valence-electron chi connectivity index (χ2n) is 19.6. The van der Waals surface area contributed by atoms with Gasteiger partial charge in [-0.15, -0.1) is 0 Å². The molecule has 6 N–H and O–H groups in total. The van der Waals surface area contributed by atoms with E-state index in [1.165, 1.54) is 23.3 Å². The van der Waals surface area contributed by atoms with Crippen LogP contribution >= 0.6 is 0 Å². The molecule has 4 fully saturated rings. The van der Waals surface area contributed by atoms with Gasteiger partial charge < -0.3 is 36.4 Å². The van der Waals surface area contributed by atoms with Crippen molar-refractivity contribution in [2.45, 2.75) is 125 Å². The fourth-order valence-electron chi connectivity index (χ4n) is 9.12. The number of piperazine rings is 1. The molecule has 16 nitrogen and oxygen atoms in total. The molecule has 0 bridgehead atoms. The highest BCUT2D eigenvalue weighted by Crippen LogP contribution is 2.34. The topological polar surface area (TPSA) is 198 Å². The lowest BCUT2D eigenvalue weighted by molar-refractivity contribution is -0.137. The molecule has 8 rings (SSSR count). The van der Waals surface area contributed by atoms with E-state index >= 15 is 0 Å². The van der Waals surface area contributed by atoms with E-state index in [1.54, 1.807) is 24.5 Å². The minimum atomic E-state index is -0.586. The molecule has 5 aliphatic rings. The maximum Gasteiger partial charge on any atom is 0.255 e. The Morgan fingerprint density at radius 3 is 2.29 bits per heavy atom. The Bertz CT molecular complexity index is 2180. The molecular formula is C50H75N11O5. The van der Waals surface area contributed by atoms with Crippen LogP contribution in [0.1, 0.15) is 123 Å². The fourth-order valence-corrected chi connectivity index (χ4v) is 9.12. The molecular weight excluding hydrogens is 835 g/mol. The Morgan fingerprint density at radius 2 is 1.62 bits per heavy atom. The average Bonchev–Trinajstić information content (AvgIpc) is 3.64. The molecule has 6 heterocycles. The van der Waals surface area contributed by atoms with Crippen LogP contribution in [0.2, 0.25) is 0 Å². The second kappa shape index (κ2) is 21.7. The van der Waals surface area contributed by atoms with Gasteiger partial charge in [0.05, 0.1) is 12.1 Å². The standard InChI is InChI=1S/C35H54N8O2.C13H13N3O3.C2H6.H2/c1-6-34(4,5)32(45)37-17-7-16-36-29-22-30(39-26-38-29)42-20-14-35(15-21-42)25-43(24-31(44)40-35)28-10-8-27(9-11-28)23-41-18-12-33(2,3)13-19-41;14-9-3-1-2-7-8(9)6-16(13(7)19)10-4-5-11(17)15-12(10)18;1-2;/h8-11,22,26H,6-7,12-21,23-25H2,1-5H3,(H,37,45)(H,40,44)(H,36,38,39);1-3,10H,4-6,14H2,(H,15,17,18);1-2H3;1H. The summed E-state index contributed by atoms with van der Waals surface area (Å²) in [7, 11) is 0. The predicted octanol–water partition coefficient (Wildman–Crippen LogP) is 5.73. The number of rotatable bonds is 12. The number of hydrogen-bond donors (Lipinski definition) is 5. The summed E-state index contributed by atoms with van der Waals surface area (Å²) in [5, 5.41) is 12.0. The molecule has 0 radical (unpaired) electrons. The molecule has 3 aromatic rings. The van der Waals surface area contributed by atoms with Crippen molar-refractivity contribution in [3.63, 3.8) is 0 Å². The van der Waals surface area contributed by atoms with Gasteiger partial charge >= 0.3 is 0 Å². The number of aromatic nitrogens is 2. The highest BCUT2D eigenvalue weighted by molar-refractivity contribution is 6.06. The number of nitrogens with one attached hydrogen (secondary N) is 4. The van der Waals surface area contributed by atoms with Gasteiger partial charge in [0, 0.05) is 87.6 Å². The minimum absolute atomic E-state index is 0. The third kappa shape index (κ3) is 12.4. The summed E-state index contributed by atoms with van der Waals surface area (Å²) in [6.45, 7) is 22.5. The van der Waals surface area contributed by atoms with Gasteiger partial charge in [0.2, 0.25) is 23.6 Å². The Labute approximate surface area is 392 Å². The summed E-state index contributed by atoms with van der Waals surface area (Å²) in [5.41, 5.74) is 10.1. The fraction of sp³-hybridized carbons (Fsp3) is 0.580. The van der Waals surface area contributed by atoms with Crippen molar-refractivity contribution in [3.05, 3.63) is 71.5 Å². The molecule has 1 aromatic heterocycles. The number of anilines is 4. The van der Waals surface area contributed by atoms with Gasteiger partial charge in [-0.1, -0.05) is 66.7 Å². The lowest BCUT2D eigenvalue weighted by Crippen LogP contribution is -2.66. The van der Waals surface area contributed by atoms with Gasteiger partial charge in [-0.25, -0.2) is 9.97 Å². The van der Waals surface area contributed by atoms with Gasteiger partial charge in [0.25, 0.3) is 5.91 Å². The Morgan fingerprint density at radius 1 is 0.909 bits per heavy atom. The zero-order valence-electron chi connectivity index (χ0n) is 40.3. The van der Waals surface area contributed by atoms with Gasteiger partial charge in [-0.05, 0) is 93.3 Å². The Kier molecular flexibility index (Phi) is 16.3. The summed E-state index contributed by atoms with van der Waals surface area (Å²) in [6, 6.07) is 15.4. The summed E-state index contributed by atoms with van der Waals surface area (Å²) < 4.78 is 0. The van der Waals surface area contributed by atoms with E-state index < -0.39 is 11.9 Å². The summed E-state index contributed by atoms with van der Waals surface area (Å²) in [5.74, 6) is 0.979. The van der Waals surface area contributed by atoms with E-state index in [-0.39, 0.29) is 42.4 Å². The molecule has 5 amide bonds. The van der Waals surface area contributed by atoms with Gasteiger partial charge in [0.1, 0.15) is 24.0 Å². The Hall–Kier alpha value is -5.77. The van der Waals surface area contributed by atoms with Crippen molar-refractivity contribution in [2.24, 2.45) is 10.8 Å². The number of fused-ring (bicyclic) bond motifs is 1. The van der Waals surface area contributed by atoms with Crippen molar-refractivity contribution >= 4 is 52.5 Å². The maximum atomic E-state index is 12.9. The van der Waals surface area contributed by atoms with E-state index in [0.717, 1.165) is 87.8 Å². The molecule has 4 saturated heterocycles. The van der Waals surface area contributed by atoms with E-state index in [1.807, 2.05) is 40.7 Å². The van der Waals surface area contributed by atoms with E-state index in [0.29, 0.717) is 49.3 Å². The zero-order chi connectivity index (χ0) is 47.6. The number of nitrogens with two attached hydrogens (primary N) is 1. The highest BCUT2D eigenvalue weighted by Gasteiger charge is 2.42. The number of carbonyl (C=O) groups excluding carboxylic acids is 5. The number of benzene rings is 2. The van der Waals surface area contributed by atoms with Gasteiger partial charge in [0.15, 0.2) is 0 Å². The zero-order valence-corrected chi connectivity index (χ0v) is 40.3. The van der Waals surface area contributed by atoms with E-state index in [9.17, 15) is 24.0 Å². The van der Waals surface area contributed by atoms with Crippen molar-refractivity contribution in [2.75, 3.05) is 73.2 Å². The third-order valence-electron chi connectivity index (χ3n) is 13.9. The molecule has 360 valence electrons. The normalized spacial score (nSPS) is 20.3. The third-order valence-corrected chi connectivity index (χ3v) is 13.9. The van der Waals surface area contributed by atoms with E-state index in [4.69, 9.17) is 5.73 Å². The number of carbonyl (C=O) groups is 5. The molecule has 1 unspecified atom stereocenters. The first-order valence-corrected chi connectivity index (χ1v) is 24.0. The van der Waals surface area contributed by atoms with Gasteiger partial charge in [-0.3, -0.25) is 34.2 Å². The van der Waals surface area contributed by atoms with Crippen molar-refractivity contribution in [1.29, 1.82) is 0 Å². The lowest BCUT2D eigenvalue weighted by atomic mass is 9.82. The predicted molar refractivity (Wildman–Crippen MR) is 262 cm³/mol. The summed E-state index contributed by atoms with van der Waals surface area (Å²) in [4.78, 5) is 78.0.